The Labute approximate surface area is 181 Å². The first-order chi connectivity index (χ1) is 14.7. The molecule has 4 aromatic rings. The Morgan fingerprint density at radius 3 is 2.47 bits per heavy atom. The maximum atomic E-state index is 5.71. The van der Waals surface area contributed by atoms with Crippen LogP contribution >= 0.6 is 12.2 Å². The number of hydrogen-bond donors (Lipinski definition) is 2. The van der Waals surface area contributed by atoms with E-state index in [1.54, 1.807) is 13.3 Å². The Balaban J connectivity index is 1.65. The maximum Gasteiger partial charge on any atom is 0.171 e. The molecule has 0 amide bonds. The SMILES string of the molecule is COc1ccc(NC(=S)NC(c2ccccc2)c2ccccc2C)c2cccnc12. The number of aryl methyl sites for hydroxylation is 1. The summed E-state index contributed by atoms with van der Waals surface area (Å²) in [6.07, 6.45) is 1.76. The third kappa shape index (κ3) is 4.11. The van der Waals surface area contributed by atoms with E-state index in [0.29, 0.717) is 5.11 Å². The lowest BCUT2D eigenvalue weighted by Gasteiger charge is -2.24. The highest BCUT2D eigenvalue weighted by atomic mass is 32.1. The topological polar surface area (TPSA) is 46.2 Å². The third-order valence-corrected chi connectivity index (χ3v) is 5.33. The fourth-order valence-corrected chi connectivity index (χ4v) is 3.83. The number of rotatable bonds is 5. The van der Waals surface area contributed by atoms with E-state index in [-0.39, 0.29) is 6.04 Å². The van der Waals surface area contributed by atoms with Crippen LogP contribution in [0.5, 0.6) is 5.75 Å². The van der Waals surface area contributed by atoms with Gasteiger partial charge in [0.2, 0.25) is 0 Å². The van der Waals surface area contributed by atoms with Crippen molar-refractivity contribution in [3.63, 3.8) is 0 Å². The van der Waals surface area contributed by atoms with Crippen LogP contribution in [0.3, 0.4) is 0 Å². The monoisotopic (exact) mass is 413 g/mol. The Kier molecular flexibility index (Phi) is 5.91. The fraction of sp³-hybridized carbons (Fsp3) is 0.120. The summed E-state index contributed by atoms with van der Waals surface area (Å²) in [6, 6.07) is 26.4. The van der Waals surface area contributed by atoms with Gasteiger partial charge in [0.05, 0.1) is 13.2 Å². The highest BCUT2D eigenvalue weighted by molar-refractivity contribution is 7.80. The highest BCUT2D eigenvalue weighted by Crippen LogP contribution is 2.30. The van der Waals surface area contributed by atoms with Gasteiger partial charge in [-0.05, 0) is 60.1 Å². The third-order valence-electron chi connectivity index (χ3n) is 5.11. The number of hydrogen-bond acceptors (Lipinski definition) is 3. The average Bonchev–Trinajstić information content (AvgIpc) is 2.79. The molecule has 0 radical (unpaired) electrons. The van der Waals surface area contributed by atoms with Gasteiger partial charge in [0, 0.05) is 17.3 Å². The lowest BCUT2D eigenvalue weighted by Crippen LogP contribution is -2.33. The number of fused-ring (bicyclic) bond motifs is 1. The lowest BCUT2D eigenvalue weighted by atomic mass is 9.95. The standard InChI is InChI=1S/C25H23N3OS/c1-17-9-6-7-12-19(17)23(18-10-4-3-5-11-18)28-25(30)27-21-14-15-22(29-2)24-20(21)13-8-16-26-24/h3-16,23H,1-2H3,(H2,27,28,30). The molecule has 5 heteroatoms. The zero-order valence-corrected chi connectivity index (χ0v) is 17.7. The smallest absolute Gasteiger partial charge is 0.171 e. The summed E-state index contributed by atoms with van der Waals surface area (Å²) >= 11 is 5.71. The van der Waals surface area contributed by atoms with Crippen LogP contribution in [0.25, 0.3) is 10.9 Å². The number of benzene rings is 3. The molecule has 2 N–H and O–H groups in total. The van der Waals surface area contributed by atoms with Crippen molar-refractivity contribution in [1.82, 2.24) is 10.3 Å². The number of nitrogens with one attached hydrogen (secondary N) is 2. The molecule has 0 aliphatic carbocycles. The van der Waals surface area contributed by atoms with E-state index in [2.05, 4.69) is 52.9 Å². The van der Waals surface area contributed by atoms with Gasteiger partial charge in [0.1, 0.15) is 11.3 Å². The van der Waals surface area contributed by atoms with Crippen molar-refractivity contribution in [2.24, 2.45) is 0 Å². The van der Waals surface area contributed by atoms with Crippen LogP contribution in [0.2, 0.25) is 0 Å². The second-order valence-corrected chi connectivity index (χ2v) is 7.42. The van der Waals surface area contributed by atoms with E-state index in [0.717, 1.165) is 27.9 Å². The molecule has 0 bridgehead atoms. The van der Waals surface area contributed by atoms with Crippen molar-refractivity contribution < 1.29 is 4.74 Å². The molecule has 0 spiro atoms. The van der Waals surface area contributed by atoms with Gasteiger partial charge in [-0.3, -0.25) is 4.98 Å². The molecule has 0 fully saturated rings. The molecule has 3 aromatic carbocycles. The van der Waals surface area contributed by atoms with Gasteiger partial charge in [0.15, 0.2) is 5.11 Å². The van der Waals surface area contributed by atoms with Crippen molar-refractivity contribution in [2.45, 2.75) is 13.0 Å². The quantitative estimate of drug-likeness (QED) is 0.415. The normalized spacial score (nSPS) is 11.7. The molecule has 4 rings (SSSR count). The molecule has 1 heterocycles. The van der Waals surface area contributed by atoms with Crippen molar-refractivity contribution in [3.05, 3.63) is 102 Å². The second-order valence-electron chi connectivity index (χ2n) is 7.01. The van der Waals surface area contributed by atoms with E-state index in [1.807, 2.05) is 48.5 Å². The molecule has 1 atom stereocenters. The van der Waals surface area contributed by atoms with Gasteiger partial charge in [-0.25, -0.2) is 0 Å². The van der Waals surface area contributed by atoms with Gasteiger partial charge < -0.3 is 15.4 Å². The van der Waals surface area contributed by atoms with E-state index in [4.69, 9.17) is 17.0 Å². The molecule has 4 nitrogen and oxygen atoms in total. The molecule has 30 heavy (non-hydrogen) atoms. The van der Waals surface area contributed by atoms with E-state index >= 15 is 0 Å². The van der Waals surface area contributed by atoms with Crippen molar-refractivity contribution in [2.75, 3.05) is 12.4 Å². The van der Waals surface area contributed by atoms with Crippen LogP contribution < -0.4 is 15.4 Å². The molecular weight excluding hydrogens is 390 g/mol. The number of methoxy groups -OCH3 is 1. The molecule has 0 aliphatic heterocycles. The van der Waals surface area contributed by atoms with E-state index < -0.39 is 0 Å². The Hall–Kier alpha value is -3.44. The minimum atomic E-state index is -0.0602. The highest BCUT2D eigenvalue weighted by Gasteiger charge is 2.17. The van der Waals surface area contributed by atoms with Crippen LogP contribution in [-0.4, -0.2) is 17.2 Å². The van der Waals surface area contributed by atoms with E-state index in [1.165, 1.54) is 11.1 Å². The van der Waals surface area contributed by atoms with Crippen molar-refractivity contribution in [1.29, 1.82) is 0 Å². The zero-order valence-electron chi connectivity index (χ0n) is 16.9. The predicted octanol–water partition coefficient (Wildman–Crippen LogP) is 5.63. The van der Waals surface area contributed by atoms with Gasteiger partial charge in [-0.1, -0.05) is 54.6 Å². The molecule has 0 aliphatic rings. The first-order valence-electron chi connectivity index (χ1n) is 9.77. The minimum absolute atomic E-state index is 0.0602. The van der Waals surface area contributed by atoms with Crippen LogP contribution in [0.4, 0.5) is 5.69 Å². The molecule has 0 saturated carbocycles. The van der Waals surface area contributed by atoms with Crippen molar-refractivity contribution >= 4 is 33.9 Å². The Morgan fingerprint density at radius 2 is 1.70 bits per heavy atom. The van der Waals surface area contributed by atoms with Crippen LogP contribution in [0.15, 0.2) is 85.1 Å². The number of ether oxygens (including phenoxy) is 1. The van der Waals surface area contributed by atoms with E-state index in [9.17, 15) is 0 Å². The van der Waals surface area contributed by atoms with Crippen LogP contribution in [0.1, 0.15) is 22.7 Å². The summed E-state index contributed by atoms with van der Waals surface area (Å²) in [7, 11) is 1.65. The van der Waals surface area contributed by atoms with Crippen LogP contribution in [-0.2, 0) is 0 Å². The van der Waals surface area contributed by atoms with Gasteiger partial charge in [-0.15, -0.1) is 0 Å². The van der Waals surface area contributed by atoms with Crippen molar-refractivity contribution in [3.8, 4) is 5.75 Å². The molecule has 0 saturated heterocycles. The molecular formula is C25H23N3OS. The van der Waals surface area contributed by atoms with Gasteiger partial charge in [0.25, 0.3) is 0 Å². The summed E-state index contributed by atoms with van der Waals surface area (Å²) in [6.45, 7) is 2.12. The zero-order chi connectivity index (χ0) is 20.9. The second kappa shape index (κ2) is 8.93. The number of thiocarbonyl (C=S) groups is 1. The lowest BCUT2D eigenvalue weighted by molar-refractivity contribution is 0.419. The number of nitrogens with zero attached hydrogens (tertiary/aromatic N) is 1. The summed E-state index contributed by atoms with van der Waals surface area (Å²) in [5, 5.41) is 8.35. The predicted molar refractivity (Wildman–Crippen MR) is 127 cm³/mol. The number of anilines is 1. The Morgan fingerprint density at radius 1 is 0.933 bits per heavy atom. The Bertz CT molecular complexity index is 1180. The minimum Gasteiger partial charge on any atom is -0.494 e. The largest absolute Gasteiger partial charge is 0.494 e. The summed E-state index contributed by atoms with van der Waals surface area (Å²) < 4.78 is 5.44. The first kappa shape index (κ1) is 19.9. The molecule has 1 aromatic heterocycles. The van der Waals surface area contributed by atoms with Gasteiger partial charge in [-0.2, -0.15) is 0 Å². The van der Waals surface area contributed by atoms with Gasteiger partial charge >= 0.3 is 0 Å². The molecule has 1 unspecified atom stereocenters. The summed E-state index contributed by atoms with van der Waals surface area (Å²) in [4.78, 5) is 4.46. The van der Waals surface area contributed by atoms with Crippen LogP contribution in [0, 0.1) is 6.92 Å². The first-order valence-corrected chi connectivity index (χ1v) is 10.2. The number of pyridine rings is 1. The average molecular weight is 414 g/mol. The molecule has 150 valence electrons. The summed E-state index contributed by atoms with van der Waals surface area (Å²) in [5.41, 5.74) is 5.23. The fourth-order valence-electron chi connectivity index (χ4n) is 3.61. The number of aromatic nitrogens is 1. The maximum absolute atomic E-state index is 5.71. The summed E-state index contributed by atoms with van der Waals surface area (Å²) in [5.74, 6) is 0.733.